The average Bonchev–Trinajstić information content (AvgIpc) is 3.19. The summed E-state index contributed by atoms with van der Waals surface area (Å²) in [6.07, 6.45) is 4.97. The smallest absolute Gasteiger partial charge is 0.135 e. The zero-order chi connectivity index (χ0) is 11.9. The molecule has 2 rings (SSSR count). The first-order valence-corrected chi connectivity index (χ1v) is 6.50. The molecule has 0 unspecified atom stereocenters. The van der Waals surface area contributed by atoms with Crippen molar-refractivity contribution in [1.82, 2.24) is 0 Å². The summed E-state index contributed by atoms with van der Waals surface area (Å²) in [5.74, 6) is 0.883. The fourth-order valence-corrected chi connectivity index (χ4v) is 1.88. The molecule has 0 amide bonds. The minimum atomic E-state index is 0.417. The zero-order valence-electron chi connectivity index (χ0n) is 10.2. The summed E-state index contributed by atoms with van der Waals surface area (Å²) in [4.78, 5) is 11.4. The Morgan fingerprint density at radius 3 is 2.65 bits per heavy atom. The Bertz CT molecular complexity index is 341. The molecule has 0 aromatic heterocycles. The first kappa shape index (κ1) is 12.3. The molecular weight excluding hydrogens is 212 g/mol. The maximum atomic E-state index is 11.4. The Kier molecular flexibility index (Phi) is 4.75. The van der Waals surface area contributed by atoms with E-state index in [1.165, 1.54) is 5.56 Å². The molecule has 17 heavy (non-hydrogen) atoms. The van der Waals surface area contributed by atoms with Crippen molar-refractivity contribution in [2.45, 2.75) is 38.7 Å². The molecule has 0 spiro atoms. The Hall–Kier alpha value is -1.15. The summed E-state index contributed by atoms with van der Waals surface area (Å²) >= 11 is 0. The van der Waals surface area contributed by atoms with Crippen molar-refractivity contribution in [3.63, 3.8) is 0 Å². The van der Waals surface area contributed by atoms with E-state index in [0.717, 1.165) is 38.7 Å². The van der Waals surface area contributed by atoms with Crippen LogP contribution in [0.1, 0.15) is 37.7 Å². The first-order chi connectivity index (χ1) is 8.36. The van der Waals surface area contributed by atoms with Gasteiger partial charge in [0.25, 0.3) is 0 Å². The lowest BCUT2D eigenvalue weighted by molar-refractivity contribution is -0.120. The summed E-state index contributed by atoms with van der Waals surface area (Å²) in [6.45, 7) is 1.43. The van der Waals surface area contributed by atoms with E-state index in [0.29, 0.717) is 18.3 Å². The maximum absolute atomic E-state index is 11.4. The summed E-state index contributed by atoms with van der Waals surface area (Å²) in [7, 11) is 0. The highest BCUT2D eigenvalue weighted by molar-refractivity contribution is 5.82. The van der Waals surface area contributed by atoms with Crippen LogP contribution in [-0.4, -0.2) is 12.4 Å². The third-order valence-corrected chi connectivity index (χ3v) is 3.11. The number of carbonyl (C=O) groups is 1. The van der Waals surface area contributed by atoms with E-state index in [1.807, 2.05) is 18.2 Å². The number of unbranched alkanes of at least 4 members (excludes halogenated alkanes) is 1. The van der Waals surface area contributed by atoms with E-state index in [-0.39, 0.29) is 0 Å². The van der Waals surface area contributed by atoms with Crippen LogP contribution in [0.15, 0.2) is 30.3 Å². The fraction of sp³-hybridized carbons (Fsp3) is 0.533. The van der Waals surface area contributed by atoms with Crippen LogP contribution >= 0.6 is 0 Å². The standard InChI is InChI=1S/C15H20O2/c16-15(14-9-10-14)8-4-5-11-17-12-13-6-2-1-3-7-13/h1-3,6-7,14H,4-5,8-12H2. The van der Waals surface area contributed by atoms with Crippen LogP contribution in [0.5, 0.6) is 0 Å². The van der Waals surface area contributed by atoms with Crippen molar-refractivity contribution >= 4 is 5.78 Å². The molecule has 1 fully saturated rings. The monoisotopic (exact) mass is 232 g/mol. The van der Waals surface area contributed by atoms with Gasteiger partial charge in [0.15, 0.2) is 0 Å². The molecule has 0 atom stereocenters. The molecule has 1 saturated carbocycles. The van der Waals surface area contributed by atoms with Crippen LogP contribution in [-0.2, 0) is 16.1 Å². The van der Waals surface area contributed by atoms with Crippen LogP contribution in [0.2, 0.25) is 0 Å². The summed E-state index contributed by atoms with van der Waals surface area (Å²) in [6, 6.07) is 10.2. The van der Waals surface area contributed by atoms with E-state index in [9.17, 15) is 4.79 Å². The van der Waals surface area contributed by atoms with Crippen molar-refractivity contribution in [3.05, 3.63) is 35.9 Å². The summed E-state index contributed by atoms with van der Waals surface area (Å²) in [5, 5.41) is 0. The molecule has 0 radical (unpaired) electrons. The van der Waals surface area contributed by atoms with Gasteiger partial charge < -0.3 is 4.74 Å². The van der Waals surface area contributed by atoms with Crippen LogP contribution in [0.4, 0.5) is 0 Å². The topological polar surface area (TPSA) is 26.3 Å². The molecule has 1 aliphatic carbocycles. The highest BCUT2D eigenvalue weighted by atomic mass is 16.5. The molecule has 92 valence electrons. The lowest BCUT2D eigenvalue weighted by atomic mass is 10.1. The quantitative estimate of drug-likeness (QED) is 0.642. The summed E-state index contributed by atoms with van der Waals surface area (Å²) in [5.41, 5.74) is 1.21. The number of carbonyl (C=O) groups excluding carboxylic acids is 1. The van der Waals surface area contributed by atoms with Crippen molar-refractivity contribution in [2.75, 3.05) is 6.61 Å². The van der Waals surface area contributed by atoms with Gasteiger partial charge >= 0.3 is 0 Å². The SMILES string of the molecule is O=C(CCCCOCc1ccccc1)C1CC1. The Morgan fingerprint density at radius 2 is 1.94 bits per heavy atom. The van der Waals surface area contributed by atoms with Gasteiger partial charge in [-0.1, -0.05) is 30.3 Å². The second kappa shape index (κ2) is 6.55. The van der Waals surface area contributed by atoms with Gasteiger partial charge in [0.05, 0.1) is 6.61 Å². The number of hydrogen-bond donors (Lipinski definition) is 0. The van der Waals surface area contributed by atoms with E-state index in [4.69, 9.17) is 4.74 Å². The molecule has 1 aromatic carbocycles. The highest BCUT2D eigenvalue weighted by Crippen LogP contribution is 2.31. The molecule has 0 aliphatic heterocycles. The fourth-order valence-electron chi connectivity index (χ4n) is 1.88. The second-order valence-electron chi connectivity index (χ2n) is 4.74. The van der Waals surface area contributed by atoms with Crippen LogP contribution in [0.25, 0.3) is 0 Å². The van der Waals surface area contributed by atoms with E-state index in [1.54, 1.807) is 0 Å². The lowest BCUT2D eigenvalue weighted by Crippen LogP contribution is -2.01. The maximum Gasteiger partial charge on any atom is 0.135 e. The van der Waals surface area contributed by atoms with E-state index >= 15 is 0 Å². The number of Topliss-reactive ketones (excluding diaryl/α,β-unsaturated/α-hetero) is 1. The highest BCUT2D eigenvalue weighted by Gasteiger charge is 2.28. The predicted molar refractivity (Wildman–Crippen MR) is 67.7 cm³/mol. The van der Waals surface area contributed by atoms with Gasteiger partial charge in [-0.3, -0.25) is 4.79 Å². The zero-order valence-corrected chi connectivity index (χ0v) is 10.2. The molecule has 1 aromatic rings. The molecule has 0 heterocycles. The Balaban J connectivity index is 1.47. The third-order valence-electron chi connectivity index (χ3n) is 3.11. The number of ether oxygens (including phenoxy) is 1. The van der Waals surface area contributed by atoms with Gasteiger partial charge in [0.1, 0.15) is 5.78 Å². The normalized spacial score (nSPS) is 14.8. The molecule has 2 nitrogen and oxygen atoms in total. The molecule has 0 N–H and O–H groups in total. The summed E-state index contributed by atoms with van der Waals surface area (Å²) < 4.78 is 5.57. The predicted octanol–water partition coefficient (Wildman–Crippen LogP) is 3.35. The minimum Gasteiger partial charge on any atom is -0.377 e. The minimum absolute atomic E-state index is 0.417. The number of benzene rings is 1. The van der Waals surface area contributed by atoms with Crippen molar-refractivity contribution < 1.29 is 9.53 Å². The van der Waals surface area contributed by atoms with E-state index < -0.39 is 0 Å². The lowest BCUT2D eigenvalue weighted by Gasteiger charge is -2.04. The van der Waals surface area contributed by atoms with E-state index in [2.05, 4.69) is 12.1 Å². The van der Waals surface area contributed by atoms with Crippen LogP contribution in [0, 0.1) is 5.92 Å². The van der Waals surface area contributed by atoms with Crippen molar-refractivity contribution in [2.24, 2.45) is 5.92 Å². The van der Waals surface area contributed by atoms with Gasteiger partial charge in [0.2, 0.25) is 0 Å². The van der Waals surface area contributed by atoms with Crippen LogP contribution in [0.3, 0.4) is 0 Å². The first-order valence-electron chi connectivity index (χ1n) is 6.50. The molecule has 0 bridgehead atoms. The number of hydrogen-bond acceptors (Lipinski definition) is 2. The van der Waals surface area contributed by atoms with Crippen LogP contribution < -0.4 is 0 Å². The van der Waals surface area contributed by atoms with Crippen molar-refractivity contribution in [3.8, 4) is 0 Å². The Labute approximate surface area is 103 Å². The average molecular weight is 232 g/mol. The third kappa shape index (κ3) is 4.70. The molecular formula is C15H20O2. The number of rotatable bonds is 8. The molecule has 1 aliphatic rings. The Morgan fingerprint density at radius 1 is 1.18 bits per heavy atom. The second-order valence-corrected chi connectivity index (χ2v) is 4.74. The molecule has 2 heteroatoms. The van der Waals surface area contributed by atoms with Gasteiger partial charge in [-0.15, -0.1) is 0 Å². The van der Waals surface area contributed by atoms with Gasteiger partial charge in [-0.05, 0) is 31.2 Å². The van der Waals surface area contributed by atoms with Gasteiger partial charge in [0, 0.05) is 18.9 Å². The molecule has 0 saturated heterocycles. The van der Waals surface area contributed by atoms with Gasteiger partial charge in [-0.2, -0.15) is 0 Å². The van der Waals surface area contributed by atoms with Crippen molar-refractivity contribution in [1.29, 1.82) is 0 Å². The largest absolute Gasteiger partial charge is 0.377 e. The number of ketones is 1. The van der Waals surface area contributed by atoms with Gasteiger partial charge in [-0.25, -0.2) is 0 Å².